The Balaban J connectivity index is 2.01. The summed E-state index contributed by atoms with van der Waals surface area (Å²) in [5.74, 6) is -1.80. The van der Waals surface area contributed by atoms with Crippen LogP contribution in [0, 0.1) is 0 Å². The predicted octanol–water partition coefficient (Wildman–Crippen LogP) is 1.32. The minimum Gasteiger partial charge on any atom is -0.467 e. The fourth-order valence-corrected chi connectivity index (χ4v) is 2.76. The van der Waals surface area contributed by atoms with E-state index in [1.54, 1.807) is 0 Å². The summed E-state index contributed by atoms with van der Waals surface area (Å²) in [7, 11) is 1.08. The molecular weight excluding hydrogens is 255 g/mol. The highest BCUT2D eigenvalue weighted by Gasteiger charge is 2.52. The third-order valence-corrected chi connectivity index (χ3v) is 3.98. The lowest BCUT2D eigenvalue weighted by Crippen LogP contribution is -2.51. The number of hydrogen-bond donors (Lipinski definition) is 1. The first-order valence-corrected chi connectivity index (χ1v) is 6.68. The van der Waals surface area contributed by atoms with Gasteiger partial charge in [0.05, 0.1) is 13.7 Å². The second-order valence-electron chi connectivity index (χ2n) is 5.45. The normalized spacial score (nSPS) is 30.8. The number of carbonyl (C=O) groups is 1. The highest BCUT2D eigenvalue weighted by atomic mass is 19.1. The molecule has 1 aliphatic carbocycles. The SMILES string of the molecule is COC(=O)[C@](C)(F)[C@H](O)[C@H]1COC2(CCCCC2)O1. The summed E-state index contributed by atoms with van der Waals surface area (Å²) >= 11 is 0. The van der Waals surface area contributed by atoms with Crippen LogP contribution in [-0.2, 0) is 19.0 Å². The molecule has 5 nitrogen and oxygen atoms in total. The molecule has 110 valence electrons. The van der Waals surface area contributed by atoms with Crippen LogP contribution in [0.15, 0.2) is 0 Å². The number of aliphatic hydroxyl groups is 1. The molecule has 1 heterocycles. The zero-order chi connectivity index (χ0) is 14.1. The molecular formula is C13H21FO5. The van der Waals surface area contributed by atoms with E-state index < -0.39 is 29.6 Å². The van der Waals surface area contributed by atoms with Gasteiger partial charge in [-0.1, -0.05) is 6.42 Å². The summed E-state index contributed by atoms with van der Waals surface area (Å²) in [6.45, 7) is 1.09. The van der Waals surface area contributed by atoms with Crippen LogP contribution in [0.25, 0.3) is 0 Å². The van der Waals surface area contributed by atoms with Crippen molar-refractivity contribution in [3.05, 3.63) is 0 Å². The highest BCUT2D eigenvalue weighted by molar-refractivity contribution is 5.79. The Bertz CT molecular complexity index is 338. The monoisotopic (exact) mass is 276 g/mol. The smallest absolute Gasteiger partial charge is 0.346 e. The number of ether oxygens (including phenoxy) is 3. The molecule has 19 heavy (non-hydrogen) atoms. The van der Waals surface area contributed by atoms with Crippen molar-refractivity contribution in [1.82, 2.24) is 0 Å². The zero-order valence-electron chi connectivity index (χ0n) is 11.4. The van der Waals surface area contributed by atoms with Crippen LogP contribution in [0.3, 0.4) is 0 Å². The van der Waals surface area contributed by atoms with Crippen LogP contribution < -0.4 is 0 Å². The van der Waals surface area contributed by atoms with E-state index in [1.807, 2.05) is 0 Å². The number of rotatable bonds is 3. The molecule has 1 saturated heterocycles. The maximum atomic E-state index is 14.2. The maximum Gasteiger partial charge on any atom is 0.346 e. The average Bonchev–Trinajstić information content (AvgIpc) is 2.81. The van der Waals surface area contributed by atoms with Crippen molar-refractivity contribution in [1.29, 1.82) is 0 Å². The van der Waals surface area contributed by atoms with Crippen LogP contribution in [0.1, 0.15) is 39.0 Å². The number of halogens is 1. The standard InChI is InChI=1S/C13H21FO5/c1-12(14,11(16)17-2)10(15)9-8-18-13(19-9)6-4-3-5-7-13/h9-10,15H,3-8H2,1-2H3/t9-,10-,12-/m1/s1. The first kappa shape index (κ1) is 14.7. The van der Waals surface area contributed by atoms with E-state index in [9.17, 15) is 14.3 Å². The lowest BCUT2D eigenvalue weighted by atomic mass is 9.94. The van der Waals surface area contributed by atoms with Gasteiger partial charge in [-0.2, -0.15) is 0 Å². The number of methoxy groups -OCH3 is 1. The second kappa shape index (κ2) is 5.34. The minimum absolute atomic E-state index is 0.0949. The summed E-state index contributed by atoms with van der Waals surface area (Å²) in [6.07, 6.45) is 2.17. The number of aliphatic hydroxyl groups excluding tert-OH is 1. The maximum absolute atomic E-state index is 14.2. The van der Waals surface area contributed by atoms with E-state index in [1.165, 1.54) is 0 Å². The van der Waals surface area contributed by atoms with E-state index in [0.29, 0.717) is 0 Å². The van der Waals surface area contributed by atoms with Gasteiger partial charge < -0.3 is 19.3 Å². The van der Waals surface area contributed by atoms with Gasteiger partial charge in [-0.25, -0.2) is 9.18 Å². The molecule has 1 saturated carbocycles. The van der Waals surface area contributed by atoms with Crippen LogP contribution >= 0.6 is 0 Å². The Labute approximate surface area is 112 Å². The number of hydrogen-bond acceptors (Lipinski definition) is 5. The third kappa shape index (κ3) is 2.75. The molecule has 0 bridgehead atoms. The van der Waals surface area contributed by atoms with Gasteiger partial charge in [0, 0.05) is 12.8 Å². The Morgan fingerprint density at radius 3 is 2.68 bits per heavy atom. The van der Waals surface area contributed by atoms with Crippen molar-refractivity contribution < 1.29 is 28.5 Å². The molecule has 0 unspecified atom stereocenters. The lowest BCUT2D eigenvalue weighted by Gasteiger charge is -2.33. The topological polar surface area (TPSA) is 65.0 Å². The lowest BCUT2D eigenvalue weighted by molar-refractivity contribution is -0.206. The van der Waals surface area contributed by atoms with E-state index >= 15 is 0 Å². The van der Waals surface area contributed by atoms with Crippen molar-refractivity contribution in [3.8, 4) is 0 Å². The van der Waals surface area contributed by atoms with E-state index in [4.69, 9.17) is 9.47 Å². The number of alkyl halides is 1. The molecule has 3 atom stereocenters. The van der Waals surface area contributed by atoms with Crippen LogP contribution in [0.4, 0.5) is 4.39 Å². The van der Waals surface area contributed by atoms with Crippen LogP contribution in [0.5, 0.6) is 0 Å². The van der Waals surface area contributed by atoms with Crippen molar-refractivity contribution >= 4 is 5.97 Å². The minimum atomic E-state index is -2.50. The number of esters is 1. The summed E-state index contributed by atoms with van der Waals surface area (Å²) in [6, 6.07) is 0. The van der Waals surface area contributed by atoms with Gasteiger partial charge in [0.2, 0.25) is 5.67 Å². The summed E-state index contributed by atoms with van der Waals surface area (Å²) < 4.78 is 29.9. The van der Waals surface area contributed by atoms with Crippen molar-refractivity contribution in [3.63, 3.8) is 0 Å². The Hall–Kier alpha value is -0.720. The van der Waals surface area contributed by atoms with Crippen molar-refractivity contribution in [2.45, 2.75) is 62.7 Å². The van der Waals surface area contributed by atoms with Gasteiger partial charge in [0.25, 0.3) is 0 Å². The van der Waals surface area contributed by atoms with Crippen LogP contribution in [-0.4, -0.2) is 48.5 Å². The van der Waals surface area contributed by atoms with Crippen molar-refractivity contribution in [2.24, 2.45) is 0 Å². The van der Waals surface area contributed by atoms with E-state index in [2.05, 4.69) is 4.74 Å². The van der Waals surface area contributed by atoms with Crippen molar-refractivity contribution in [2.75, 3.05) is 13.7 Å². The molecule has 6 heteroatoms. The second-order valence-corrected chi connectivity index (χ2v) is 5.45. The molecule has 2 rings (SSSR count). The fourth-order valence-electron chi connectivity index (χ4n) is 2.76. The van der Waals surface area contributed by atoms with Gasteiger partial charge in [-0.3, -0.25) is 0 Å². The largest absolute Gasteiger partial charge is 0.467 e. The molecule has 2 fully saturated rings. The number of carbonyl (C=O) groups excluding carboxylic acids is 1. The Morgan fingerprint density at radius 2 is 2.11 bits per heavy atom. The summed E-state index contributed by atoms with van der Waals surface area (Å²) in [4.78, 5) is 11.3. The quantitative estimate of drug-likeness (QED) is 0.788. The molecule has 2 aliphatic rings. The van der Waals surface area contributed by atoms with Gasteiger partial charge in [-0.05, 0) is 19.8 Å². The van der Waals surface area contributed by atoms with Gasteiger partial charge in [-0.15, -0.1) is 0 Å². The molecule has 0 aromatic rings. The molecule has 1 spiro atoms. The van der Waals surface area contributed by atoms with Crippen LogP contribution in [0.2, 0.25) is 0 Å². The molecule has 1 N–H and O–H groups in total. The fraction of sp³-hybridized carbons (Fsp3) is 0.923. The summed E-state index contributed by atoms with van der Waals surface area (Å²) in [5, 5.41) is 10.0. The molecule has 1 aliphatic heterocycles. The first-order valence-electron chi connectivity index (χ1n) is 6.68. The highest BCUT2D eigenvalue weighted by Crippen LogP contribution is 2.40. The summed E-state index contributed by atoms with van der Waals surface area (Å²) in [5.41, 5.74) is -2.50. The van der Waals surface area contributed by atoms with Gasteiger partial charge >= 0.3 is 5.97 Å². The average molecular weight is 276 g/mol. The first-order chi connectivity index (χ1) is 8.91. The molecule has 0 aromatic carbocycles. The molecule has 0 radical (unpaired) electrons. The molecule has 0 aromatic heterocycles. The Kier molecular flexibility index (Phi) is 4.13. The van der Waals surface area contributed by atoms with E-state index in [-0.39, 0.29) is 6.61 Å². The van der Waals surface area contributed by atoms with Gasteiger partial charge in [0.15, 0.2) is 5.79 Å². The Morgan fingerprint density at radius 1 is 1.47 bits per heavy atom. The predicted molar refractivity (Wildman–Crippen MR) is 64.2 cm³/mol. The zero-order valence-corrected chi connectivity index (χ0v) is 11.4. The molecule has 0 amide bonds. The van der Waals surface area contributed by atoms with E-state index in [0.717, 1.165) is 46.1 Å². The third-order valence-electron chi connectivity index (χ3n) is 3.98. The van der Waals surface area contributed by atoms with Gasteiger partial charge in [0.1, 0.15) is 12.2 Å².